The van der Waals surface area contributed by atoms with Gasteiger partial charge < -0.3 is 10.1 Å². The summed E-state index contributed by atoms with van der Waals surface area (Å²) in [6, 6.07) is 5.38. The van der Waals surface area contributed by atoms with E-state index in [-0.39, 0.29) is 18.0 Å². The number of hydrogen-bond acceptors (Lipinski definition) is 2. The molecule has 1 N–H and O–H groups in total. The standard InChI is InChI=1S/C16H26FNO/c1-5-6-7-10-18-13(4)14-8-9-16(15(17)11-14)19-12(2)3/h8-9,11-13,18H,5-7,10H2,1-4H3/t13-/m1/s1. The molecule has 0 spiro atoms. The van der Waals surface area contributed by atoms with E-state index in [1.54, 1.807) is 12.1 Å². The third-order valence-corrected chi connectivity index (χ3v) is 3.05. The zero-order valence-corrected chi connectivity index (χ0v) is 12.5. The van der Waals surface area contributed by atoms with Crippen LogP contribution in [0.1, 0.15) is 58.6 Å². The van der Waals surface area contributed by atoms with Crippen molar-refractivity contribution in [2.75, 3.05) is 6.54 Å². The Kier molecular flexibility index (Phi) is 6.85. The molecule has 3 heteroatoms. The van der Waals surface area contributed by atoms with Gasteiger partial charge in [-0.3, -0.25) is 0 Å². The molecule has 1 atom stereocenters. The van der Waals surface area contributed by atoms with Crippen LogP contribution in [0.15, 0.2) is 18.2 Å². The summed E-state index contributed by atoms with van der Waals surface area (Å²) in [5.74, 6) is 0.0466. The number of benzene rings is 1. The molecular formula is C16H26FNO. The maximum atomic E-state index is 13.9. The lowest BCUT2D eigenvalue weighted by atomic mass is 10.1. The molecule has 0 fully saturated rings. The van der Waals surface area contributed by atoms with Crippen LogP contribution >= 0.6 is 0 Å². The molecule has 0 amide bonds. The highest BCUT2D eigenvalue weighted by Gasteiger charge is 2.10. The van der Waals surface area contributed by atoms with Gasteiger partial charge in [-0.15, -0.1) is 0 Å². The molecule has 0 saturated carbocycles. The normalized spacial score (nSPS) is 12.7. The van der Waals surface area contributed by atoms with Crippen molar-refractivity contribution in [2.24, 2.45) is 0 Å². The molecule has 1 aromatic carbocycles. The summed E-state index contributed by atoms with van der Waals surface area (Å²) in [6.07, 6.45) is 3.60. The van der Waals surface area contributed by atoms with Crippen LogP contribution in [0.25, 0.3) is 0 Å². The van der Waals surface area contributed by atoms with Crippen molar-refractivity contribution >= 4 is 0 Å². The number of hydrogen-bond donors (Lipinski definition) is 1. The van der Waals surface area contributed by atoms with Gasteiger partial charge in [-0.05, 0) is 51.4 Å². The molecule has 0 bridgehead atoms. The molecule has 0 unspecified atom stereocenters. The van der Waals surface area contributed by atoms with E-state index in [0.717, 1.165) is 18.5 Å². The van der Waals surface area contributed by atoms with Gasteiger partial charge in [0.15, 0.2) is 11.6 Å². The Morgan fingerprint density at radius 1 is 1.21 bits per heavy atom. The molecule has 0 aliphatic heterocycles. The van der Waals surface area contributed by atoms with Crippen LogP contribution < -0.4 is 10.1 Å². The highest BCUT2D eigenvalue weighted by atomic mass is 19.1. The van der Waals surface area contributed by atoms with Gasteiger partial charge in [0.2, 0.25) is 0 Å². The molecule has 19 heavy (non-hydrogen) atoms. The van der Waals surface area contributed by atoms with Gasteiger partial charge in [-0.1, -0.05) is 25.8 Å². The summed E-state index contributed by atoms with van der Waals surface area (Å²) >= 11 is 0. The average molecular weight is 267 g/mol. The van der Waals surface area contributed by atoms with Crippen molar-refractivity contribution in [3.05, 3.63) is 29.6 Å². The lowest BCUT2D eigenvalue weighted by Gasteiger charge is -2.16. The minimum absolute atomic E-state index is 0.00931. The summed E-state index contributed by atoms with van der Waals surface area (Å²) in [5, 5.41) is 3.41. The van der Waals surface area contributed by atoms with Gasteiger partial charge in [-0.25, -0.2) is 4.39 Å². The van der Waals surface area contributed by atoms with Crippen LogP contribution in [0.2, 0.25) is 0 Å². The smallest absolute Gasteiger partial charge is 0.165 e. The summed E-state index contributed by atoms with van der Waals surface area (Å²) in [6.45, 7) is 9.01. The third-order valence-electron chi connectivity index (χ3n) is 3.05. The Balaban J connectivity index is 2.56. The van der Waals surface area contributed by atoms with E-state index in [1.807, 2.05) is 19.9 Å². The van der Waals surface area contributed by atoms with Crippen LogP contribution in [0, 0.1) is 5.82 Å². The second-order valence-corrected chi connectivity index (χ2v) is 5.24. The van der Waals surface area contributed by atoms with Crippen molar-refractivity contribution in [2.45, 2.75) is 59.1 Å². The number of unbranched alkanes of at least 4 members (excludes halogenated alkanes) is 2. The molecule has 0 aromatic heterocycles. The van der Waals surface area contributed by atoms with E-state index in [4.69, 9.17) is 4.74 Å². The summed E-state index contributed by atoms with van der Waals surface area (Å²) in [7, 11) is 0. The highest BCUT2D eigenvalue weighted by molar-refractivity contribution is 5.31. The molecule has 0 heterocycles. The van der Waals surface area contributed by atoms with E-state index in [0.29, 0.717) is 5.75 Å². The minimum Gasteiger partial charge on any atom is -0.488 e. The van der Waals surface area contributed by atoms with Gasteiger partial charge >= 0.3 is 0 Å². The monoisotopic (exact) mass is 267 g/mol. The van der Waals surface area contributed by atoms with Crippen LogP contribution in [0.3, 0.4) is 0 Å². The first kappa shape index (κ1) is 16.0. The summed E-state index contributed by atoms with van der Waals surface area (Å²) in [5.41, 5.74) is 0.963. The Bertz CT molecular complexity index is 379. The van der Waals surface area contributed by atoms with Crippen molar-refractivity contribution in [3.8, 4) is 5.75 Å². The minimum atomic E-state index is -0.284. The molecule has 1 rings (SSSR count). The van der Waals surface area contributed by atoms with Gasteiger partial charge in [0.1, 0.15) is 0 Å². The number of rotatable bonds is 8. The fourth-order valence-corrected chi connectivity index (χ4v) is 1.95. The number of ether oxygens (including phenoxy) is 1. The molecule has 0 aliphatic rings. The molecule has 0 saturated heterocycles. The van der Waals surface area contributed by atoms with Crippen LogP contribution in [0.5, 0.6) is 5.75 Å². The molecular weight excluding hydrogens is 241 g/mol. The maximum absolute atomic E-state index is 13.9. The average Bonchev–Trinajstić information content (AvgIpc) is 2.36. The van der Waals surface area contributed by atoms with Crippen LogP contribution in [-0.4, -0.2) is 12.6 Å². The second kappa shape index (κ2) is 8.16. The zero-order valence-electron chi connectivity index (χ0n) is 12.5. The molecule has 0 aliphatic carbocycles. The first-order valence-corrected chi connectivity index (χ1v) is 7.24. The SMILES string of the molecule is CCCCCN[C@H](C)c1ccc(OC(C)C)c(F)c1. The molecule has 0 radical (unpaired) electrons. The van der Waals surface area contributed by atoms with Crippen molar-refractivity contribution in [1.82, 2.24) is 5.32 Å². The lowest BCUT2D eigenvalue weighted by Crippen LogP contribution is -2.20. The fraction of sp³-hybridized carbons (Fsp3) is 0.625. The number of nitrogens with one attached hydrogen (secondary N) is 1. The Hall–Kier alpha value is -1.09. The quantitative estimate of drug-likeness (QED) is 0.702. The van der Waals surface area contributed by atoms with Crippen molar-refractivity contribution < 1.29 is 9.13 Å². The van der Waals surface area contributed by atoms with E-state index in [2.05, 4.69) is 19.2 Å². The van der Waals surface area contributed by atoms with Gasteiger partial charge in [0.05, 0.1) is 6.10 Å². The predicted molar refractivity (Wildman–Crippen MR) is 78.1 cm³/mol. The Morgan fingerprint density at radius 2 is 1.95 bits per heavy atom. The van der Waals surface area contributed by atoms with E-state index < -0.39 is 0 Å². The van der Waals surface area contributed by atoms with Crippen molar-refractivity contribution in [1.29, 1.82) is 0 Å². The van der Waals surface area contributed by atoms with Crippen LogP contribution in [0.4, 0.5) is 4.39 Å². The van der Waals surface area contributed by atoms with E-state index in [9.17, 15) is 4.39 Å². The first-order chi connectivity index (χ1) is 9.04. The van der Waals surface area contributed by atoms with E-state index >= 15 is 0 Å². The second-order valence-electron chi connectivity index (χ2n) is 5.24. The van der Waals surface area contributed by atoms with Gasteiger partial charge in [-0.2, -0.15) is 0 Å². The molecule has 1 aromatic rings. The van der Waals surface area contributed by atoms with Crippen molar-refractivity contribution in [3.63, 3.8) is 0 Å². The predicted octanol–water partition coefficient (Wildman–Crippen LogP) is 4.45. The summed E-state index contributed by atoms with van der Waals surface area (Å²) < 4.78 is 19.3. The largest absolute Gasteiger partial charge is 0.488 e. The van der Waals surface area contributed by atoms with Gasteiger partial charge in [0.25, 0.3) is 0 Å². The first-order valence-electron chi connectivity index (χ1n) is 7.24. The summed E-state index contributed by atoms with van der Waals surface area (Å²) in [4.78, 5) is 0. The third kappa shape index (κ3) is 5.60. The fourth-order valence-electron chi connectivity index (χ4n) is 1.95. The lowest BCUT2D eigenvalue weighted by molar-refractivity contribution is 0.231. The Labute approximate surface area is 116 Å². The molecule has 108 valence electrons. The van der Waals surface area contributed by atoms with Crippen LogP contribution in [-0.2, 0) is 0 Å². The highest BCUT2D eigenvalue weighted by Crippen LogP contribution is 2.23. The topological polar surface area (TPSA) is 21.3 Å². The van der Waals surface area contributed by atoms with Gasteiger partial charge in [0, 0.05) is 6.04 Å². The zero-order chi connectivity index (χ0) is 14.3. The maximum Gasteiger partial charge on any atom is 0.165 e. The number of halogens is 1. The van der Waals surface area contributed by atoms with E-state index in [1.165, 1.54) is 12.8 Å². The molecule has 2 nitrogen and oxygen atoms in total. The Morgan fingerprint density at radius 3 is 2.53 bits per heavy atom.